The molecule has 1 nitrogen and oxygen atoms in total. The van der Waals surface area contributed by atoms with E-state index in [2.05, 4.69) is 76.4 Å². The molecule has 0 amide bonds. The van der Waals surface area contributed by atoms with Crippen molar-refractivity contribution in [3.8, 4) is 0 Å². The van der Waals surface area contributed by atoms with Gasteiger partial charge in [-0.15, -0.1) is 0 Å². The maximum absolute atomic E-state index is 3.66. The standard InChI is InChI=1S/C12H18BrNS3/c1-7-8(2)17-11(6-16-7)12(14-3)9-4-15-5-10(9)13/h4-5,7-8,11-12,14H,6H2,1-3H3. The van der Waals surface area contributed by atoms with Crippen LogP contribution in [-0.2, 0) is 0 Å². The fraction of sp³-hybridized carbons (Fsp3) is 0.667. The Morgan fingerprint density at radius 3 is 2.65 bits per heavy atom. The lowest BCUT2D eigenvalue weighted by Crippen LogP contribution is -2.35. The van der Waals surface area contributed by atoms with E-state index in [1.807, 2.05) is 0 Å². The largest absolute Gasteiger partial charge is 0.312 e. The van der Waals surface area contributed by atoms with Gasteiger partial charge in [0.15, 0.2) is 0 Å². The highest BCUT2D eigenvalue weighted by Crippen LogP contribution is 2.42. The maximum atomic E-state index is 3.66. The zero-order chi connectivity index (χ0) is 12.4. The Labute approximate surface area is 125 Å². The molecule has 1 saturated heterocycles. The Morgan fingerprint density at radius 1 is 1.35 bits per heavy atom. The Balaban J connectivity index is 2.12. The second kappa shape index (κ2) is 6.33. The molecule has 0 bridgehead atoms. The van der Waals surface area contributed by atoms with Gasteiger partial charge in [-0.1, -0.05) is 13.8 Å². The summed E-state index contributed by atoms with van der Waals surface area (Å²) in [6.07, 6.45) is 0. The first-order valence-electron chi connectivity index (χ1n) is 5.79. The molecule has 0 spiro atoms. The first-order chi connectivity index (χ1) is 8.13. The van der Waals surface area contributed by atoms with Gasteiger partial charge < -0.3 is 5.32 Å². The van der Waals surface area contributed by atoms with Gasteiger partial charge >= 0.3 is 0 Å². The third-order valence-corrected chi connectivity index (χ3v) is 8.48. The van der Waals surface area contributed by atoms with Crippen molar-refractivity contribution in [1.82, 2.24) is 5.32 Å². The molecule has 1 aliphatic rings. The van der Waals surface area contributed by atoms with Crippen LogP contribution in [-0.4, -0.2) is 28.6 Å². The lowest BCUT2D eigenvalue weighted by atomic mass is 10.1. The zero-order valence-electron chi connectivity index (χ0n) is 10.3. The molecule has 1 aliphatic heterocycles. The number of hydrogen-bond acceptors (Lipinski definition) is 4. The molecule has 4 unspecified atom stereocenters. The summed E-state index contributed by atoms with van der Waals surface area (Å²) in [5, 5.41) is 10.1. The van der Waals surface area contributed by atoms with Crippen LogP contribution < -0.4 is 5.32 Å². The molecule has 17 heavy (non-hydrogen) atoms. The van der Waals surface area contributed by atoms with Gasteiger partial charge in [0, 0.05) is 37.4 Å². The second-order valence-electron chi connectivity index (χ2n) is 4.36. The van der Waals surface area contributed by atoms with E-state index >= 15 is 0 Å². The van der Waals surface area contributed by atoms with Crippen LogP contribution in [0.2, 0.25) is 0 Å². The number of hydrogen-bond donors (Lipinski definition) is 1. The highest BCUT2D eigenvalue weighted by molar-refractivity contribution is 9.10. The van der Waals surface area contributed by atoms with Gasteiger partial charge in [-0.05, 0) is 33.9 Å². The van der Waals surface area contributed by atoms with Crippen LogP contribution in [0.3, 0.4) is 0 Å². The van der Waals surface area contributed by atoms with E-state index in [1.165, 1.54) is 15.8 Å². The van der Waals surface area contributed by atoms with Crippen LogP contribution in [0, 0.1) is 0 Å². The Kier molecular flexibility index (Phi) is 5.31. The average molecular weight is 352 g/mol. The first kappa shape index (κ1) is 14.3. The van der Waals surface area contributed by atoms with Crippen molar-refractivity contribution in [3.63, 3.8) is 0 Å². The number of rotatable bonds is 3. The Morgan fingerprint density at radius 2 is 2.12 bits per heavy atom. The van der Waals surface area contributed by atoms with E-state index in [4.69, 9.17) is 0 Å². The number of nitrogens with one attached hydrogen (secondary N) is 1. The molecule has 4 atom stereocenters. The molecule has 1 N–H and O–H groups in total. The third-order valence-electron chi connectivity index (χ3n) is 3.23. The summed E-state index contributed by atoms with van der Waals surface area (Å²) in [7, 11) is 2.07. The quantitative estimate of drug-likeness (QED) is 0.866. The minimum absolute atomic E-state index is 0.461. The minimum Gasteiger partial charge on any atom is -0.312 e. The summed E-state index contributed by atoms with van der Waals surface area (Å²) in [5.41, 5.74) is 1.41. The molecule has 1 aromatic rings. The van der Waals surface area contributed by atoms with Gasteiger partial charge in [0.05, 0.1) is 0 Å². The molecule has 2 rings (SSSR count). The Bertz CT molecular complexity index is 368. The maximum Gasteiger partial charge on any atom is 0.0465 e. The second-order valence-corrected chi connectivity index (χ2v) is 8.99. The van der Waals surface area contributed by atoms with E-state index in [1.54, 1.807) is 11.3 Å². The van der Waals surface area contributed by atoms with E-state index < -0.39 is 0 Å². The molecular weight excluding hydrogens is 334 g/mol. The summed E-state index contributed by atoms with van der Waals surface area (Å²) in [5.74, 6) is 1.24. The van der Waals surface area contributed by atoms with E-state index in [0.717, 1.165) is 10.5 Å². The van der Waals surface area contributed by atoms with Crippen LogP contribution in [0.25, 0.3) is 0 Å². The third kappa shape index (κ3) is 3.24. The van der Waals surface area contributed by atoms with Crippen LogP contribution >= 0.6 is 50.8 Å². The molecule has 1 fully saturated rings. The van der Waals surface area contributed by atoms with Gasteiger partial charge in [0.25, 0.3) is 0 Å². The van der Waals surface area contributed by atoms with Gasteiger partial charge in [-0.2, -0.15) is 34.9 Å². The van der Waals surface area contributed by atoms with Crippen LogP contribution in [0.1, 0.15) is 25.5 Å². The van der Waals surface area contributed by atoms with Crippen molar-refractivity contribution in [2.75, 3.05) is 12.8 Å². The van der Waals surface area contributed by atoms with Crippen LogP contribution in [0.4, 0.5) is 0 Å². The summed E-state index contributed by atoms with van der Waals surface area (Å²) in [4.78, 5) is 0. The molecule has 0 saturated carbocycles. The first-order valence-corrected chi connectivity index (χ1v) is 9.52. The fourth-order valence-electron chi connectivity index (χ4n) is 2.04. The molecule has 96 valence electrons. The molecule has 2 heterocycles. The Hall–Kier alpha value is 0.840. The van der Waals surface area contributed by atoms with Crippen molar-refractivity contribution < 1.29 is 0 Å². The van der Waals surface area contributed by atoms with Crippen LogP contribution in [0.15, 0.2) is 15.2 Å². The van der Waals surface area contributed by atoms with Gasteiger partial charge in [-0.3, -0.25) is 0 Å². The molecule has 0 radical (unpaired) electrons. The molecular formula is C12H18BrNS3. The highest BCUT2D eigenvalue weighted by atomic mass is 79.9. The van der Waals surface area contributed by atoms with Crippen molar-refractivity contribution in [2.24, 2.45) is 0 Å². The topological polar surface area (TPSA) is 12.0 Å². The predicted molar refractivity (Wildman–Crippen MR) is 86.6 cm³/mol. The van der Waals surface area contributed by atoms with Crippen molar-refractivity contribution in [2.45, 2.75) is 35.6 Å². The normalized spacial score (nSPS) is 31.4. The van der Waals surface area contributed by atoms with Crippen LogP contribution in [0.5, 0.6) is 0 Å². The zero-order valence-corrected chi connectivity index (χ0v) is 14.3. The number of halogens is 1. The summed E-state index contributed by atoms with van der Waals surface area (Å²) in [6.45, 7) is 4.69. The molecule has 1 aromatic heterocycles. The monoisotopic (exact) mass is 351 g/mol. The van der Waals surface area contributed by atoms with Crippen molar-refractivity contribution >= 4 is 50.8 Å². The van der Waals surface area contributed by atoms with E-state index in [9.17, 15) is 0 Å². The fourth-order valence-corrected chi connectivity index (χ4v) is 6.76. The number of thiophene rings is 1. The SMILES string of the molecule is CNC(c1cscc1Br)C1CSC(C)C(C)S1. The number of thioether (sulfide) groups is 2. The van der Waals surface area contributed by atoms with E-state index in [0.29, 0.717) is 11.3 Å². The summed E-state index contributed by atoms with van der Waals surface area (Å²) >= 11 is 9.67. The molecule has 5 heteroatoms. The smallest absolute Gasteiger partial charge is 0.0465 e. The van der Waals surface area contributed by atoms with Gasteiger partial charge in [-0.25, -0.2) is 0 Å². The lowest BCUT2D eigenvalue weighted by molar-refractivity contribution is 0.588. The van der Waals surface area contributed by atoms with Crippen molar-refractivity contribution in [1.29, 1.82) is 0 Å². The van der Waals surface area contributed by atoms with Gasteiger partial charge in [0.2, 0.25) is 0 Å². The minimum atomic E-state index is 0.461. The lowest BCUT2D eigenvalue weighted by Gasteiger charge is -2.35. The highest BCUT2D eigenvalue weighted by Gasteiger charge is 2.32. The molecule has 0 aromatic carbocycles. The van der Waals surface area contributed by atoms with Gasteiger partial charge in [0.1, 0.15) is 0 Å². The van der Waals surface area contributed by atoms with Crippen molar-refractivity contribution in [3.05, 3.63) is 20.8 Å². The predicted octanol–water partition coefficient (Wildman–Crippen LogP) is 4.40. The van der Waals surface area contributed by atoms with E-state index in [-0.39, 0.29) is 0 Å². The summed E-state index contributed by atoms with van der Waals surface area (Å²) in [6, 6.07) is 0.461. The summed E-state index contributed by atoms with van der Waals surface area (Å²) < 4.78 is 1.25. The average Bonchev–Trinajstić information content (AvgIpc) is 2.71. The molecule has 0 aliphatic carbocycles.